The van der Waals surface area contributed by atoms with Gasteiger partial charge in [0.2, 0.25) is 0 Å². The Hall–Kier alpha value is -2.99. The first-order valence-electron chi connectivity index (χ1n) is 7.81. The summed E-state index contributed by atoms with van der Waals surface area (Å²) in [6.07, 6.45) is 0.944. The molecule has 118 valence electrons. The van der Waals surface area contributed by atoms with E-state index in [4.69, 9.17) is 0 Å². The number of nitrogens with zero attached hydrogens (tertiary/aromatic N) is 4. The molecule has 0 saturated heterocycles. The van der Waals surface area contributed by atoms with Gasteiger partial charge in [-0.2, -0.15) is 0 Å². The zero-order valence-electron chi connectivity index (χ0n) is 12.9. The van der Waals surface area contributed by atoms with Crippen LogP contribution < -0.4 is 5.32 Å². The molecule has 0 fully saturated rings. The average molecular weight is 317 g/mol. The highest BCUT2D eigenvalue weighted by molar-refractivity contribution is 6.11. The van der Waals surface area contributed by atoms with Crippen LogP contribution in [0.1, 0.15) is 21.7 Å². The smallest absolute Gasteiger partial charge is 0.296 e. The van der Waals surface area contributed by atoms with E-state index < -0.39 is 0 Å². The Morgan fingerprint density at radius 2 is 1.79 bits per heavy atom. The number of rotatable bonds is 5. The Morgan fingerprint density at radius 1 is 0.917 bits per heavy atom. The van der Waals surface area contributed by atoms with Gasteiger partial charge < -0.3 is 5.32 Å². The number of carbonyl (C=O) groups is 1. The molecule has 1 aromatic heterocycles. The summed E-state index contributed by atoms with van der Waals surface area (Å²) in [6, 6.07) is 15.7. The van der Waals surface area contributed by atoms with Gasteiger partial charge in [-0.15, -0.1) is 10.2 Å². The maximum Gasteiger partial charge on any atom is 0.296 e. The first-order valence-corrected chi connectivity index (χ1v) is 7.81. The zero-order valence-corrected chi connectivity index (χ0v) is 12.9. The fourth-order valence-corrected chi connectivity index (χ4v) is 2.76. The molecule has 0 atom stereocenters. The average Bonchev–Trinajstić information content (AvgIpc) is 2.63. The summed E-state index contributed by atoms with van der Waals surface area (Å²) in [6.45, 7) is 1.38. The predicted molar refractivity (Wildman–Crippen MR) is 90.2 cm³/mol. The van der Waals surface area contributed by atoms with Gasteiger partial charge in [-0.25, -0.2) is 9.97 Å². The van der Waals surface area contributed by atoms with Gasteiger partial charge in [-0.1, -0.05) is 36.4 Å². The second-order valence-electron chi connectivity index (χ2n) is 5.58. The van der Waals surface area contributed by atoms with Crippen molar-refractivity contribution in [3.8, 4) is 0 Å². The van der Waals surface area contributed by atoms with E-state index in [9.17, 15) is 4.79 Å². The minimum atomic E-state index is -0.342. The summed E-state index contributed by atoms with van der Waals surface area (Å²) >= 11 is 0. The lowest BCUT2D eigenvalue weighted by Crippen LogP contribution is -2.18. The summed E-state index contributed by atoms with van der Waals surface area (Å²) in [5, 5.41) is 11.6. The standard InChI is InChI=1S/C18H15N5O/c24-18-13-7-4-8-14-16(13)17(22-23-18)21-15(20-14)11-19-10-9-12-5-2-1-3-6-12/h1-8,19H,9-11H2. The molecule has 1 aliphatic rings. The fourth-order valence-electron chi connectivity index (χ4n) is 2.76. The molecular weight excluding hydrogens is 302 g/mol. The summed E-state index contributed by atoms with van der Waals surface area (Å²) in [5.74, 6) is 0.775. The number of nitrogens with one attached hydrogen (secondary N) is 1. The highest BCUT2D eigenvalue weighted by Gasteiger charge is 2.19. The maximum absolute atomic E-state index is 11.8. The number of hydrogen-bond donors (Lipinski definition) is 1. The highest BCUT2D eigenvalue weighted by atomic mass is 16.1. The highest BCUT2D eigenvalue weighted by Crippen LogP contribution is 2.30. The first-order chi connectivity index (χ1) is 11.8. The van der Waals surface area contributed by atoms with Crippen molar-refractivity contribution in [2.45, 2.75) is 13.0 Å². The molecule has 0 saturated carbocycles. The van der Waals surface area contributed by atoms with Crippen LogP contribution >= 0.6 is 0 Å². The quantitative estimate of drug-likeness (QED) is 0.733. The zero-order chi connectivity index (χ0) is 16.4. The van der Waals surface area contributed by atoms with Gasteiger partial charge in [0.05, 0.1) is 23.0 Å². The van der Waals surface area contributed by atoms with Crippen molar-refractivity contribution in [1.82, 2.24) is 15.3 Å². The van der Waals surface area contributed by atoms with Crippen molar-refractivity contribution < 1.29 is 4.79 Å². The molecule has 4 rings (SSSR count). The number of carbonyl (C=O) groups excluding carboxylic acids is 1. The Balaban J connectivity index is 1.50. The van der Waals surface area contributed by atoms with Crippen molar-refractivity contribution >= 4 is 22.6 Å². The van der Waals surface area contributed by atoms with Crippen molar-refractivity contribution in [1.29, 1.82) is 0 Å². The summed E-state index contributed by atoms with van der Waals surface area (Å²) in [7, 11) is 0. The van der Waals surface area contributed by atoms with Gasteiger partial charge in [0, 0.05) is 0 Å². The van der Waals surface area contributed by atoms with Crippen LogP contribution in [0.25, 0.3) is 10.9 Å². The molecule has 1 N–H and O–H groups in total. The Morgan fingerprint density at radius 3 is 2.67 bits per heavy atom. The molecular formula is C18H15N5O. The minimum Gasteiger partial charge on any atom is -0.310 e. The molecule has 6 heteroatoms. The molecule has 2 heterocycles. The predicted octanol–water partition coefficient (Wildman–Crippen LogP) is 3.20. The van der Waals surface area contributed by atoms with Gasteiger partial charge in [0.25, 0.3) is 5.91 Å². The number of benzene rings is 2. The third-order valence-corrected chi connectivity index (χ3v) is 3.93. The van der Waals surface area contributed by atoms with Crippen molar-refractivity contribution in [2.75, 3.05) is 6.54 Å². The van der Waals surface area contributed by atoms with Gasteiger partial charge in [-0.05, 0) is 30.7 Å². The van der Waals surface area contributed by atoms with Crippen LogP contribution in [-0.4, -0.2) is 22.4 Å². The van der Waals surface area contributed by atoms with E-state index in [-0.39, 0.29) is 5.91 Å². The molecule has 0 aliphatic carbocycles. The molecule has 3 aromatic rings. The van der Waals surface area contributed by atoms with Crippen molar-refractivity contribution in [3.05, 3.63) is 65.5 Å². The topological polar surface area (TPSA) is 79.6 Å². The number of azo groups is 1. The summed E-state index contributed by atoms with van der Waals surface area (Å²) in [5.41, 5.74) is 2.53. The molecule has 24 heavy (non-hydrogen) atoms. The van der Waals surface area contributed by atoms with Gasteiger partial charge >= 0.3 is 0 Å². The molecule has 0 spiro atoms. The molecule has 1 amide bonds. The van der Waals surface area contributed by atoms with E-state index in [1.165, 1.54) is 5.56 Å². The number of aromatic nitrogens is 2. The Bertz CT molecular complexity index is 937. The summed E-state index contributed by atoms with van der Waals surface area (Å²) < 4.78 is 0. The molecule has 0 unspecified atom stereocenters. The van der Waals surface area contributed by atoms with Gasteiger partial charge in [0.1, 0.15) is 5.82 Å². The fraction of sp³-hybridized carbons (Fsp3) is 0.167. The van der Waals surface area contributed by atoms with Gasteiger partial charge in [0.15, 0.2) is 5.82 Å². The van der Waals surface area contributed by atoms with E-state index in [2.05, 4.69) is 37.6 Å². The largest absolute Gasteiger partial charge is 0.310 e. The van der Waals surface area contributed by atoms with Crippen molar-refractivity contribution in [2.24, 2.45) is 10.2 Å². The third-order valence-electron chi connectivity index (χ3n) is 3.93. The Kier molecular flexibility index (Phi) is 3.80. The minimum absolute atomic E-state index is 0.342. The van der Waals surface area contributed by atoms with E-state index in [0.717, 1.165) is 18.5 Å². The lowest BCUT2D eigenvalue weighted by atomic mass is 10.1. The second kappa shape index (κ2) is 6.25. The Labute approximate surface area is 138 Å². The molecule has 0 bridgehead atoms. The molecule has 6 nitrogen and oxygen atoms in total. The lowest BCUT2D eigenvalue weighted by Gasteiger charge is -2.11. The first kappa shape index (κ1) is 14.6. The van der Waals surface area contributed by atoms with Crippen LogP contribution in [0.2, 0.25) is 0 Å². The van der Waals surface area contributed by atoms with Gasteiger partial charge in [-0.3, -0.25) is 4.79 Å². The molecule has 1 aliphatic heterocycles. The van der Waals surface area contributed by atoms with Crippen LogP contribution in [0.4, 0.5) is 5.82 Å². The van der Waals surface area contributed by atoms with Crippen LogP contribution in [0.5, 0.6) is 0 Å². The van der Waals surface area contributed by atoms with E-state index in [1.807, 2.05) is 24.3 Å². The normalized spacial score (nSPS) is 12.8. The number of amides is 1. The third kappa shape index (κ3) is 2.79. The van der Waals surface area contributed by atoms with Crippen LogP contribution in [0.15, 0.2) is 58.8 Å². The number of hydrogen-bond acceptors (Lipinski definition) is 5. The summed E-state index contributed by atoms with van der Waals surface area (Å²) in [4.78, 5) is 20.7. The SMILES string of the molecule is O=C1N=Nc2nc(CNCCc3ccccc3)nc3cccc1c23. The molecule has 2 aromatic carbocycles. The van der Waals surface area contributed by atoms with Crippen LogP contribution in [0.3, 0.4) is 0 Å². The second-order valence-corrected chi connectivity index (χ2v) is 5.58. The molecule has 0 radical (unpaired) electrons. The van der Waals surface area contributed by atoms with Crippen LogP contribution in [-0.2, 0) is 13.0 Å². The maximum atomic E-state index is 11.8. The van der Waals surface area contributed by atoms with Crippen molar-refractivity contribution in [3.63, 3.8) is 0 Å². The van der Waals surface area contributed by atoms with E-state index in [1.54, 1.807) is 12.1 Å². The monoisotopic (exact) mass is 317 g/mol. The van der Waals surface area contributed by atoms with E-state index >= 15 is 0 Å². The van der Waals surface area contributed by atoms with Crippen LogP contribution in [0, 0.1) is 0 Å². The van der Waals surface area contributed by atoms with E-state index in [0.29, 0.717) is 29.1 Å². The lowest BCUT2D eigenvalue weighted by molar-refractivity contribution is 0.0995.